The summed E-state index contributed by atoms with van der Waals surface area (Å²) in [7, 11) is 0. The second-order valence-corrected chi connectivity index (χ2v) is 6.47. The average Bonchev–Trinajstić information content (AvgIpc) is 3.15. The minimum Gasteiger partial charge on any atom is -0.370 e. The second kappa shape index (κ2) is 7.82. The minimum absolute atomic E-state index is 0. The zero-order valence-electron chi connectivity index (χ0n) is 12.4. The number of halogens is 1. The van der Waals surface area contributed by atoms with Crippen LogP contribution in [0.15, 0.2) is 4.99 Å². The Morgan fingerprint density at radius 2 is 1.75 bits per heavy atom. The molecular formula is C15H29IN4. The Bertz CT molecular complexity index is 324. The van der Waals surface area contributed by atoms with E-state index >= 15 is 0 Å². The first-order valence-electron chi connectivity index (χ1n) is 8.15. The van der Waals surface area contributed by atoms with Crippen molar-refractivity contribution in [3.63, 3.8) is 0 Å². The zero-order valence-corrected chi connectivity index (χ0v) is 14.7. The van der Waals surface area contributed by atoms with Gasteiger partial charge in [0.15, 0.2) is 5.96 Å². The summed E-state index contributed by atoms with van der Waals surface area (Å²) in [5.41, 5.74) is 6.03. The van der Waals surface area contributed by atoms with Crippen molar-refractivity contribution >= 4 is 29.9 Å². The van der Waals surface area contributed by atoms with Crippen molar-refractivity contribution in [2.45, 2.75) is 75.9 Å². The molecule has 2 aliphatic carbocycles. The highest BCUT2D eigenvalue weighted by molar-refractivity contribution is 14.0. The lowest BCUT2D eigenvalue weighted by Crippen LogP contribution is -2.44. The number of guanidine groups is 1. The van der Waals surface area contributed by atoms with E-state index in [1.165, 1.54) is 64.3 Å². The molecule has 3 aliphatic rings. The highest BCUT2D eigenvalue weighted by Crippen LogP contribution is 2.32. The minimum atomic E-state index is 0. The van der Waals surface area contributed by atoms with E-state index in [0.29, 0.717) is 18.0 Å². The van der Waals surface area contributed by atoms with Gasteiger partial charge in [0.05, 0.1) is 6.54 Å². The number of hydrogen-bond donors (Lipinski definition) is 2. The summed E-state index contributed by atoms with van der Waals surface area (Å²) in [6.07, 6.45) is 12.0. The van der Waals surface area contributed by atoms with Gasteiger partial charge in [-0.3, -0.25) is 9.89 Å². The van der Waals surface area contributed by atoms with Crippen molar-refractivity contribution < 1.29 is 0 Å². The van der Waals surface area contributed by atoms with Crippen LogP contribution >= 0.6 is 24.0 Å². The van der Waals surface area contributed by atoms with E-state index in [2.05, 4.69) is 15.2 Å². The van der Waals surface area contributed by atoms with Gasteiger partial charge in [-0.1, -0.05) is 19.3 Å². The summed E-state index contributed by atoms with van der Waals surface area (Å²) in [5.74, 6) is 0.674. The van der Waals surface area contributed by atoms with E-state index in [4.69, 9.17) is 5.73 Å². The Morgan fingerprint density at radius 1 is 1.05 bits per heavy atom. The molecule has 0 aromatic rings. The number of nitrogens with zero attached hydrogens (tertiary/aromatic N) is 2. The van der Waals surface area contributed by atoms with Crippen molar-refractivity contribution in [1.82, 2.24) is 10.2 Å². The van der Waals surface area contributed by atoms with Crippen LogP contribution in [0.2, 0.25) is 0 Å². The Kier molecular flexibility index (Phi) is 6.39. The van der Waals surface area contributed by atoms with Gasteiger partial charge in [-0.05, 0) is 45.1 Å². The number of nitrogens with two attached hydrogens (primary N) is 1. The molecule has 0 aromatic heterocycles. The fourth-order valence-corrected chi connectivity index (χ4v) is 3.63. The predicted octanol–water partition coefficient (Wildman–Crippen LogP) is 2.47. The van der Waals surface area contributed by atoms with Gasteiger partial charge < -0.3 is 11.1 Å². The fourth-order valence-electron chi connectivity index (χ4n) is 3.63. The molecule has 0 bridgehead atoms. The van der Waals surface area contributed by atoms with Crippen molar-refractivity contribution in [3.05, 3.63) is 0 Å². The molecule has 5 heteroatoms. The molecule has 20 heavy (non-hydrogen) atoms. The topological polar surface area (TPSA) is 53.6 Å². The molecule has 1 heterocycles. The van der Waals surface area contributed by atoms with E-state index in [1.807, 2.05) is 0 Å². The van der Waals surface area contributed by atoms with E-state index in [0.717, 1.165) is 12.6 Å². The van der Waals surface area contributed by atoms with Crippen LogP contribution in [0.4, 0.5) is 0 Å². The quantitative estimate of drug-likeness (QED) is 0.439. The fraction of sp³-hybridized carbons (Fsp3) is 0.933. The Labute approximate surface area is 140 Å². The van der Waals surface area contributed by atoms with E-state index in [1.54, 1.807) is 0 Å². The number of rotatable bonds is 4. The number of aliphatic imine (C=N–C) groups is 1. The van der Waals surface area contributed by atoms with Gasteiger partial charge in [0, 0.05) is 18.1 Å². The molecule has 0 spiro atoms. The maximum absolute atomic E-state index is 6.03. The third-order valence-electron chi connectivity index (χ3n) is 4.87. The molecular weight excluding hydrogens is 363 g/mol. The van der Waals surface area contributed by atoms with Gasteiger partial charge >= 0.3 is 0 Å². The van der Waals surface area contributed by atoms with Gasteiger partial charge in [-0.2, -0.15) is 0 Å². The number of nitrogens with one attached hydrogen (secondary N) is 1. The maximum atomic E-state index is 6.03. The molecule has 1 saturated heterocycles. The first kappa shape index (κ1) is 16.3. The largest absolute Gasteiger partial charge is 0.370 e. The van der Waals surface area contributed by atoms with Gasteiger partial charge in [0.25, 0.3) is 0 Å². The predicted molar refractivity (Wildman–Crippen MR) is 94.7 cm³/mol. The first-order valence-corrected chi connectivity index (χ1v) is 8.15. The number of piperidine rings is 1. The van der Waals surface area contributed by atoms with Crippen molar-refractivity contribution in [2.24, 2.45) is 10.7 Å². The maximum Gasteiger partial charge on any atom is 0.188 e. The summed E-state index contributed by atoms with van der Waals surface area (Å²) in [5, 5.41) is 3.39. The smallest absolute Gasteiger partial charge is 0.188 e. The third kappa shape index (κ3) is 4.48. The van der Waals surface area contributed by atoms with Gasteiger partial charge in [-0.15, -0.1) is 24.0 Å². The van der Waals surface area contributed by atoms with E-state index in [9.17, 15) is 0 Å². The van der Waals surface area contributed by atoms with Crippen LogP contribution in [-0.2, 0) is 0 Å². The molecule has 1 unspecified atom stereocenters. The number of hydrogen-bond acceptors (Lipinski definition) is 2. The summed E-state index contributed by atoms with van der Waals surface area (Å²) in [4.78, 5) is 7.30. The van der Waals surface area contributed by atoms with Crippen LogP contribution in [-0.4, -0.2) is 42.1 Å². The van der Waals surface area contributed by atoms with Crippen molar-refractivity contribution in [2.75, 3.05) is 13.1 Å². The van der Waals surface area contributed by atoms with Crippen LogP contribution in [0.3, 0.4) is 0 Å². The van der Waals surface area contributed by atoms with Crippen LogP contribution in [0.1, 0.15) is 57.8 Å². The highest BCUT2D eigenvalue weighted by Gasteiger charge is 2.34. The van der Waals surface area contributed by atoms with Crippen LogP contribution in [0.25, 0.3) is 0 Å². The Morgan fingerprint density at radius 3 is 2.45 bits per heavy atom. The summed E-state index contributed by atoms with van der Waals surface area (Å²) < 4.78 is 0. The van der Waals surface area contributed by atoms with Crippen LogP contribution in [0.5, 0.6) is 0 Å². The van der Waals surface area contributed by atoms with Crippen LogP contribution in [0, 0.1) is 0 Å². The van der Waals surface area contributed by atoms with Crippen LogP contribution < -0.4 is 11.1 Å². The molecule has 0 aromatic carbocycles. The first-order chi connectivity index (χ1) is 9.33. The lowest BCUT2D eigenvalue weighted by molar-refractivity contribution is 0.144. The van der Waals surface area contributed by atoms with Gasteiger partial charge in [0.2, 0.25) is 0 Å². The van der Waals surface area contributed by atoms with Crippen molar-refractivity contribution in [1.29, 1.82) is 0 Å². The molecule has 1 aliphatic heterocycles. The van der Waals surface area contributed by atoms with E-state index < -0.39 is 0 Å². The molecule has 4 nitrogen and oxygen atoms in total. The SMILES string of the molecule is I.NC(=NCC1CCCCN1C1CC1)NC1CCCC1. The van der Waals surface area contributed by atoms with Gasteiger partial charge in [0.1, 0.15) is 0 Å². The van der Waals surface area contributed by atoms with E-state index in [-0.39, 0.29) is 24.0 Å². The molecule has 3 rings (SSSR count). The molecule has 0 radical (unpaired) electrons. The monoisotopic (exact) mass is 392 g/mol. The molecule has 3 fully saturated rings. The lowest BCUT2D eigenvalue weighted by Gasteiger charge is -2.35. The zero-order chi connectivity index (χ0) is 13.1. The van der Waals surface area contributed by atoms with Gasteiger partial charge in [-0.25, -0.2) is 0 Å². The molecule has 2 saturated carbocycles. The summed E-state index contributed by atoms with van der Waals surface area (Å²) >= 11 is 0. The third-order valence-corrected chi connectivity index (χ3v) is 4.87. The molecule has 1 atom stereocenters. The molecule has 3 N–H and O–H groups in total. The summed E-state index contributed by atoms with van der Waals surface area (Å²) in [6, 6.07) is 2.09. The average molecular weight is 392 g/mol. The molecule has 0 amide bonds. The second-order valence-electron chi connectivity index (χ2n) is 6.47. The normalized spacial score (nSPS) is 29.2. The molecule has 116 valence electrons. The highest BCUT2D eigenvalue weighted by atomic mass is 127. The lowest BCUT2D eigenvalue weighted by atomic mass is 10.0. The standard InChI is InChI=1S/C15H28N4.HI/c16-15(18-12-5-1-2-6-12)17-11-14-7-3-4-10-19(14)13-8-9-13;/h12-14H,1-11H2,(H3,16,17,18);1H. The number of likely N-dealkylation sites (tertiary alicyclic amines) is 1. The van der Waals surface area contributed by atoms with Crippen molar-refractivity contribution in [3.8, 4) is 0 Å². The Balaban J connectivity index is 0.00000147. The summed E-state index contributed by atoms with van der Waals surface area (Å²) in [6.45, 7) is 2.17. The Hall–Kier alpha value is -0.0400.